The van der Waals surface area contributed by atoms with Crippen LogP contribution in [-0.2, 0) is 14.8 Å². The molecule has 1 heterocycles. The Bertz CT molecular complexity index is 530. The van der Waals surface area contributed by atoms with Crippen LogP contribution < -0.4 is 10.0 Å². The predicted molar refractivity (Wildman–Crippen MR) is 65.8 cm³/mol. The van der Waals surface area contributed by atoms with Crippen molar-refractivity contribution >= 4 is 21.7 Å². The largest absolute Gasteiger partial charge is 0.480 e. The lowest BCUT2D eigenvalue weighted by atomic mass is 10.4. The van der Waals surface area contributed by atoms with E-state index in [1.54, 1.807) is 0 Å². The fourth-order valence-corrected chi connectivity index (χ4v) is 2.40. The number of carboxylic acid groups (broad SMARTS) is 1. The van der Waals surface area contributed by atoms with Gasteiger partial charge in [-0.1, -0.05) is 0 Å². The lowest BCUT2D eigenvalue weighted by molar-refractivity contribution is -0.138. The number of carboxylic acids is 1. The Balaban J connectivity index is 2.97. The minimum absolute atomic E-state index is 0.0750. The van der Waals surface area contributed by atoms with Crippen molar-refractivity contribution < 1.29 is 18.3 Å². The van der Waals surface area contributed by atoms with Crippen LogP contribution in [0.4, 0.5) is 5.69 Å². The third-order valence-electron chi connectivity index (χ3n) is 2.11. The highest BCUT2D eigenvalue weighted by atomic mass is 32.2. The number of rotatable bonds is 6. The molecule has 1 rings (SSSR count). The monoisotopic (exact) mass is 273 g/mol. The van der Waals surface area contributed by atoms with Crippen LogP contribution in [0.3, 0.4) is 0 Å². The average molecular weight is 273 g/mol. The van der Waals surface area contributed by atoms with Crippen molar-refractivity contribution in [3.8, 4) is 0 Å². The van der Waals surface area contributed by atoms with E-state index < -0.39 is 22.0 Å². The zero-order valence-electron chi connectivity index (χ0n) is 10.0. The predicted octanol–water partition coefficient (Wildman–Crippen LogP) is 0.265. The van der Waals surface area contributed by atoms with Crippen LogP contribution >= 0.6 is 0 Å². The molecule has 0 saturated heterocycles. The summed E-state index contributed by atoms with van der Waals surface area (Å²) < 4.78 is 25.8. The molecule has 0 saturated carbocycles. The number of nitrogens with one attached hydrogen (secondary N) is 2. The van der Waals surface area contributed by atoms with Gasteiger partial charge in [-0.2, -0.15) is 4.72 Å². The van der Waals surface area contributed by atoms with Crippen LogP contribution in [0.2, 0.25) is 0 Å². The van der Waals surface area contributed by atoms with E-state index in [-0.39, 0.29) is 4.90 Å². The van der Waals surface area contributed by atoms with Gasteiger partial charge in [-0.15, -0.1) is 0 Å². The maximum atomic E-state index is 11.9. The summed E-state index contributed by atoms with van der Waals surface area (Å²) in [5, 5.41) is 11.6. The van der Waals surface area contributed by atoms with Gasteiger partial charge < -0.3 is 10.4 Å². The molecule has 0 radical (unpaired) electrons. The smallest absolute Gasteiger partial charge is 0.321 e. The highest BCUT2D eigenvalue weighted by Gasteiger charge is 2.21. The molecule has 18 heavy (non-hydrogen) atoms. The summed E-state index contributed by atoms with van der Waals surface area (Å²) in [5.41, 5.74) is 0.559. The van der Waals surface area contributed by atoms with Gasteiger partial charge in [-0.25, -0.2) is 8.42 Å². The third-order valence-corrected chi connectivity index (χ3v) is 3.61. The van der Waals surface area contributed by atoms with Crippen molar-refractivity contribution in [3.63, 3.8) is 0 Å². The second-order valence-corrected chi connectivity index (χ2v) is 5.33. The van der Waals surface area contributed by atoms with Gasteiger partial charge in [-0.3, -0.25) is 9.78 Å². The van der Waals surface area contributed by atoms with Crippen molar-refractivity contribution in [3.05, 3.63) is 18.5 Å². The highest BCUT2D eigenvalue weighted by Crippen LogP contribution is 2.13. The summed E-state index contributed by atoms with van der Waals surface area (Å²) in [7, 11) is -3.88. The number of aromatic nitrogens is 1. The number of carbonyl (C=O) groups is 1. The Kier molecular flexibility index (Phi) is 4.62. The van der Waals surface area contributed by atoms with Crippen LogP contribution in [-0.4, -0.2) is 37.1 Å². The Morgan fingerprint density at radius 1 is 1.50 bits per heavy atom. The Morgan fingerprint density at radius 2 is 2.17 bits per heavy atom. The van der Waals surface area contributed by atoms with Gasteiger partial charge in [0.1, 0.15) is 10.9 Å². The maximum absolute atomic E-state index is 11.9. The molecule has 0 bridgehead atoms. The Morgan fingerprint density at radius 3 is 2.72 bits per heavy atom. The molecule has 0 amide bonds. The summed E-state index contributed by atoms with van der Waals surface area (Å²) >= 11 is 0. The van der Waals surface area contributed by atoms with Crippen LogP contribution in [0, 0.1) is 0 Å². The third kappa shape index (κ3) is 3.67. The first-order valence-corrected chi connectivity index (χ1v) is 6.79. The molecule has 1 unspecified atom stereocenters. The molecule has 0 aromatic carbocycles. The molecule has 0 aliphatic heterocycles. The van der Waals surface area contributed by atoms with Crippen LogP contribution in [0.1, 0.15) is 13.8 Å². The minimum atomic E-state index is -3.88. The van der Waals surface area contributed by atoms with Gasteiger partial charge in [0.2, 0.25) is 10.0 Å². The molecule has 0 aliphatic rings. The van der Waals surface area contributed by atoms with E-state index >= 15 is 0 Å². The number of pyridine rings is 1. The summed E-state index contributed by atoms with van der Waals surface area (Å²) in [6, 6.07) is 0.200. The van der Waals surface area contributed by atoms with E-state index in [9.17, 15) is 13.2 Å². The fourth-order valence-electron chi connectivity index (χ4n) is 1.22. The molecule has 0 fully saturated rings. The second kappa shape index (κ2) is 5.78. The van der Waals surface area contributed by atoms with Crippen molar-refractivity contribution in [2.45, 2.75) is 24.8 Å². The lowest BCUT2D eigenvalue weighted by Crippen LogP contribution is -2.38. The number of sulfonamides is 1. The summed E-state index contributed by atoms with van der Waals surface area (Å²) in [5.74, 6) is -1.24. The molecule has 0 spiro atoms. The lowest BCUT2D eigenvalue weighted by Gasteiger charge is -2.11. The SMILES string of the molecule is CCNc1cncc(S(=O)(=O)NC(C)C(=O)O)c1. The van der Waals surface area contributed by atoms with E-state index in [0.717, 1.165) is 6.20 Å². The summed E-state index contributed by atoms with van der Waals surface area (Å²) in [6.45, 7) is 3.75. The molecule has 3 N–H and O–H groups in total. The molecule has 7 nitrogen and oxygen atoms in total. The summed E-state index contributed by atoms with van der Waals surface area (Å²) in [4.78, 5) is 14.3. The van der Waals surface area contributed by atoms with E-state index in [2.05, 4.69) is 10.3 Å². The number of hydrogen-bond acceptors (Lipinski definition) is 5. The first-order chi connectivity index (χ1) is 8.36. The standard InChI is InChI=1S/C10H15N3O4S/c1-3-12-8-4-9(6-11-5-8)18(16,17)13-7(2)10(14)15/h4-7,12-13H,3H2,1-2H3,(H,14,15). The maximum Gasteiger partial charge on any atom is 0.321 e. The van der Waals surface area contributed by atoms with E-state index in [1.807, 2.05) is 11.6 Å². The van der Waals surface area contributed by atoms with Crippen molar-refractivity contribution in [2.24, 2.45) is 0 Å². The Hall–Kier alpha value is -1.67. The second-order valence-electron chi connectivity index (χ2n) is 3.62. The highest BCUT2D eigenvalue weighted by molar-refractivity contribution is 7.89. The molecule has 0 aliphatic carbocycles. The Labute approximate surface area is 105 Å². The molecule has 1 atom stereocenters. The molecular formula is C10H15N3O4S. The van der Waals surface area contributed by atoms with E-state index in [1.165, 1.54) is 19.2 Å². The first-order valence-electron chi connectivity index (χ1n) is 5.31. The number of aliphatic carboxylic acids is 1. The van der Waals surface area contributed by atoms with Gasteiger partial charge in [0.25, 0.3) is 0 Å². The zero-order valence-corrected chi connectivity index (χ0v) is 10.9. The average Bonchev–Trinajstić information content (AvgIpc) is 2.29. The molecular weight excluding hydrogens is 258 g/mol. The van der Waals surface area contributed by atoms with Gasteiger partial charge >= 0.3 is 5.97 Å². The molecule has 1 aromatic heterocycles. The number of hydrogen-bond donors (Lipinski definition) is 3. The van der Waals surface area contributed by atoms with Gasteiger partial charge in [0, 0.05) is 12.7 Å². The van der Waals surface area contributed by atoms with Crippen LogP contribution in [0.5, 0.6) is 0 Å². The van der Waals surface area contributed by atoms with Gasteiger partial charge in [-0.05, 0) is 19.9 Å². The van der Waals surface area contributed by atoms with E-state index in [0.29, 0.717) is 12.2 Å². The molecule has 1 aromatic rings. The summed E-state index contributed by atoms with van der Waals surface area (Å²) in [6.07, 6.45) is 2.65. The van der Waals surface area contributed by atoms with Crippen molar-refractivity contribution in [1.82, 2.24) is 9.71 Å². The number of nitrogens with zero attached hydrogens (tertiary/aromatic N) is 1. The molecule has 100 valence electrons. The minimum Gasteiger partial charge on any atom is -0.480 e. The van der Waals surface area contributed by atoms with Gasteiger partial charge in [0.05, 0.1) is 11.9 Å². The van der Waals surface area contributed by atoms with Crippen molar-refractivity contribution in [1.29, 1.82) is 0 Å². The van der Waals surface area contributed by atoms with Crippen molar-refractivity contribution in [2.75, 3.05) is 11.9 Å². The van der Waals surface area contributed by atoms with E-state index in [4.69, 9.17) is 5.11 Å². The zero-order chi connectivity index (χ0) is 13.8. The first kappa shape index (κ1) is 14.4. The van der Waals surface area contributed by atoms with Crippen LogP contribution in [0.25, 0.3) is 0 Å². The van der Waals surface area contributed by atoms with Crippen LogP contribution in [0.15, 0.2) is 23.4 Å². The number of anilines is 1. The fraction of sp³-hybridized carbons (Fsp3) is 0.400. The quantitative estimate of drug-likeness (QED) is 0.686. The topological polar surface area (TPSA) is 108 Å². The molecule has 8 heteroatoms. The normalized spacial score (nSPS) is 13.0. The van der Waals surface area contributed by atoms with Gasteiger partial charge in [0.15, 0.2) is 0 Å².